The zero-order valence-corrected chi connectivity index (χ0v) is 16.6. The van der Waals surface area contributed by atoms with Crippen LogP contribution < -0.4 is 0 Å². The molecule has 0 bridgehead atoms. The van der Waals surface area contributed by atoms with Crippen molar-refractivity contribution in [3.8, 4) is 23.1 Å². The Labute approximate surface area is 174 Å². The number of aromatic nitrogens is 2. The van der Waals surface area contributed by atoms with Gasteiger partial charge in [-0.05, 0) is 42.5 Å². The number of hydrogen-bond donors (Lipinski definition) is 2. The lowest BCUT2D eigenvalue weighted by molar-refractivity contribution is -0.121. The average Bonchev–Trinajstić information content (AvgIpc) is 3.21. The molecule has 3 atom stereocenters. The summed E-state index contributed by atoms with van der Waals surface area (Å²) in [6, 6.07) is 19.3. The Balaban J connectivity index is 1.81. The number of H-pyrrole nitrogens is 1. The molecule has 148 valence electrons. The smallest absolute Gasteiger partial charge is 0.176 e. The first-order chi connectivity index (χ1) is 14.6. The van der Waals surface area contributed by atoms with Crippen molar-refractivity contribution in [2.24, 2.45) is 11.8 Å². The Kier molecular flexibility index (Phi) is 4.11. The summed E-state index contributed by atoms with van der Waals surface area (Å²) in [4.78, 5) is 12.8. The van der Waals surface area contributed by atoms with Crippen LogP contribution in [0.1, 0.15) is 30.2 Å². The molecule has 3 unspecified atom stereocenters. The molecule has 0 aliphatic heterocycles. The number of rotatable bonds is 2. The van der Waals surface area contributed by atoms with Crippen molar-refractivity contribution in [3.63, 3.8) is 0 Å². The number of carbonyl (C=O) groups excluding carboxylic acids is 1. The number of allylic oxidation sites excluding steroid dienone is 2. The molecule has 1 aromatic heterocycles. The average molecular weight is 395 g/mol. The first-order valence-corrected chi connectivity index (χ1v) is 10.2. The van der Waals surface area contributed by atoms with Gasteiger partial charge in [0.25, 0.3) is 0 Å². The highest BCUT2D eigenvalue weighted by molar-refractivity contribution is 6.02. The highest BCUT2D eigenvalue weighted by atomic mass is 16.3. The molecular weight excluding hydrogens is 374 g/mol. The van der Waals surface area contributed by atoms with Gasteiger partial charge in [-0.2, -0.15) is 10.4 Å². The van der Waals surface area contributed by atoms with Crippen molar-refractivity contribution in [3.05, 3.63) is 83.1 Å². The number of nitrogens with zero attached hydrogens (tertiary/aromatic N) is 2. The Morgan fingerprint density at radius 3 is 2.73 bits per heavy atom. The van der Waals surface area contributed by atoms with Crippen LogP contribution in [0.5, 0.6) is 5.75 Å². The van der Waals surface area contributed by atoms with E-state index >= 15 is 0 Å². The van der Waals surface area contributed by atoms with E-state index in [2.05, 4.69) is 28.4 Å². The molecule has 0 saturated carbocycles. The monoisotopic (exact) mass is 395 g/mol. The Morgan fingerprint density at radius 1 is 1.20 bits per heavy atom. The summed E-state index contributed by atoms with van der Waals surface area (Å²) in [5, 5.41) is 27.5. The number of ketones is 1. The summed E-state index contributed by atoms with van der Waals surface area (Å²) >= 11 is 0. The number of fused-ring (bicyclic) bond motifs is 3. The molecule has 3 aromatic rings. The minimum absolute atomic E-state index is 0.0366. The first-order valence-electron chi connectivity index (χ1n) is 10.2. The van der Waals surface area contributed by atoms with E-state index in [1.807, 2.05) is 37.3 Å². The lowest BCUT2D eigenvalue weighted by Gasteiger charge is -2.47. The van der Waals surface area contributed by atoms with E-state index in [0.717, 1.165) is 40.9 Å². The fourth-order valence-electron chi connectivity index (χ4n) is 5.35. The standard InChI is InChI=1S/C25H21N3O2/c1-15-21-11-10-20-22(16-6-5-9-19(29)12-16)27-28-24(20)25(21,13-17(14-26)23(15)30)18-7-3-2-4-8-18/h2-9,12-13,15,21,29H,10-11H2,1H3,(H,27,28). The van der Waals surface area contributed by atoms with Crippen LogP contribution in [0.3, 0.4) is 0 Å². The Morgan fingerprint density at radius 2 is 2.00 bits per heavy atom. The van der Waals surface area contributed by atoms with Crippen molar-refractivity contribution < 1.29 is 9.90 Å². The van der Waals surface area contributed by atoms with Crippen molar-refractivity contribution >= 4 is 5.78 Å². The molecule has 0 radical (unpaired) electrons. The predicted octanol–water partition coefficient (Wildman–Crippen LogP) is 4.30. The van der Waals surface area contributed by atoms with E-state index in [1.54, 1.807) is 18.2 Å². The summed E-state index contributed by atoms with van der Waals surface area (Å²) in [5.41, 5.74) is 4.32. The molecule has 2 N–H and O–H groups in total. The van der Waals surface area contributed by atoms with Gasteiger partial charge in [0, 0.05) is 17.0 Å². The fraction of sp³-hybridized carbons (Fsp3) is 0.240. The second-order valence-electron chi connectivity index (χ2n) is 8.18. The number of phenolic OH excluding ortho intramolecular Hbond substituents is 1. The Hall–Kier alpha value is -3.65. The lowest BCUT2D eigenvalue weighted by atomic mass is 9.54. The van der Waals surface area contributed by atoms with Crippen LogP contribution >= 0.6 is 0 Å². The topological polar surface area (TPSA) is 89.8 Å². The molecule has 2 aliphatic carbocycles. The van der Waals surface area contributed by atoms with E-state index in [4.69, 9.17) is 0 Å². The lowest BCUT2D eigenvalue weighted by Crippen LogP contribution is -2.48. The maximum atomic E-state index is 12.8. The summed E-state index contributed by atoms with van der Waals surface area (Å²) in [6.45, 7) is 1.94. The molecule has 30 heavy (non-hydrogen) atoms. The number of aromatic hydroxyl groups is 1. The molecule has 2 aromatic carbocycles. The normalized spacial score (nSPS) is 25.1. The number of phenols is 1. The number of benzene rings is 2. The van der Waals surface area contributed by atoms with Crippen molar-refractivity contribution in [1.82, 2.24) is 10.2 Å². The minimum atomic E-state index is -0.616. The maximum absolute atomic E-state index is 12.8. The van der Waals surface area contributed by atoms with Gasteiger partial charge in [0.05, 0.1) is 22.4 Å². The van der Waals surface area contributed by atoms with Gasteiger partial charge in [0.1, 0.15) is 11.8 Å². The van der Waals surface area contributed by atoms with E-state index < -0.39 is 5.41 Å². The molecule has 5 heteroatoms. The molecule has 0 amide bonds. The highest BCUT2D eigenvalue weighted by Gasteiger charge is 2.53. The maximum Gasteiger partial charge on any atom is 0.176 e. The predicted molar refractivity (Wildman–Crippen MR) is 113 cm³/mol. The zero-order chi connectivity index (χ0) is 20.9. The minimum Gasteiger partial charge on any atom is -0.508 e. The van der Waals surface area contributed by atoms with E-state index in [0.29, 0.717) is 0 Å². The van der Waals surface area contributed by atoms with Gasteiger partial charge in [-0.25, -0.2) is 0 Å². The van der Waals surface area contributed by atoms with Crippen LogP contribution in [-0.4, -0.2) is 21.1 Å². The third-order valence-corrected chi connectivity index (χ3v) is 6.72. The van der Waals surface area contributed by atoms with E-state index in [-0.39, 0.29) is 28.9 Å². The van der Waals surface area contributed by atoms with Crippen molar-refractivity contribution in [1.29, 1.82) is 5.26 Å². The van der Waals surface area contributed by atoms with Crippen LogP contribution in [0.2, 0.25) is 0 Å². The number of aromatic amines is 1. The number of Topliss-reactive ketones (excluding diaryl/α,β-unsaturated/α-hetero) is 1. The van der Waals surface area contributed by atoms with Crippen LogP contribution in [0.4, 0.5) is 0 Å². The van der Waals surface area contributed by atoms with Crippen molar-refractivity contribution in [2.45, 2.75) is 25.2 Å². The van der Waals surface area contributed by atoms with Gasteiger partial charge in [0.2, 0.25) is 0 Å². The first kappa shape index (κ1) is 18.4. The Bertz CT molecular complexity index is 1220. The molecule has 5 rings (SSSR count). The largest absolute Gasteiger partial charge is 0.508 e. The highest BCUT2D eigenvalue weighted by Crippen LogP contribution is 2.54. The quantitative estimate of drug-likeness (QED) is 0.677. The molecule has 1 heterocycles. The summed E-state index contributed by atoms with van der Waals surface area (Å²) in [6.07, 6.45) is 3.45. The SMILES string of the molecule is CC1C(=O)C(C#N)=CC2(c3ccccc3)c3[nH]nc(-c4cccc(O)c4)c3CCC12. The van der Waals surface area contributed by atoms with E-state index in [9.17, 15) is 15.2 Å². The van der Waals surface area contributed by atoms with Gasteiger partial charge in [-0.15, -0.1) is 0 Å². The molecule has 2 aliphatic rings. The van der Waals surface area contributed by atoms with Crippen LogP contribution in [-0.2, 0) is 16.6 Å². The van der Waals surface area contributed by atoms with Gasteiger partial charge < -0.3 is 5.11 Å². The second-order valence-corrected chi connectivity index (χ2v) is 8.18. The third kappa shape index (κ3) is 2.47. The van der Waals surface area contributed by atoms with Crippen LogP contribution in [0.15, 0.2) is 66.2 Å². The summed E-state index contributed by atoms with van der Waals surface area (Å²) in [7, 11) is 0. The van der Waals surface area contributed by atoms with Crippen LogP contribution in [0, 0.1) is 23.2 Å². The van der Waals surface area contributed by atoms with Crippen molar-refractivity contribution in [2.75, 3.05) is 0 Å². The summed E-state index contributed by atoms with van der Waals surface area (Å²) < 4.78 is 0. The molecular formula is C25H21N3O2. The fourth-order valence-corrected chi connectivity index (χ4v) is 5.35. The van der Waals surface area contributed by atoms with Crippen LogP contribution in [0.25, 0.3) is 11.3 Å². The molecule has 5 nitrogen and oxygen atoms in total. The van der Waals surface area contributed by atoms with Gasteiger partial charge in [-0.3, -0.25) is 9.89 Å². The second kappa shape index (κ2) is 6.70. The summed E-state index contributed by atoms with van der Waals surface area (Å²) in [5.74, 6) is -0.107. The number of carbonyl (C=O) groups is 1. The van der Waals surface area contributed by atoms with Gasteiger partial charge in [0.15, 0.2) is 5.78 Å². The molecule has 0 fully saturated rings. The van der Waals surface area contributed by atoms with Gasteiger partial charge >= 0.3 is 0 Å². The number of nitriles is 1. The molecule has 0 spiro atoms. The third-order valence-electron chi connectivity index (χ3n) is 6.72. The number of nitrogens with one attached hydrogen (secondary N) is 1. The molecule has 0 saturated heterocycles. The van der Waals surface area contributed by atoms with Gasteiger partial charge in [-0.1, -0.05) is 49.4 Å². The number of hydrogen-bond acceptors (Lipinski definition) is 4. The van der Waals surface area contributed by atoms with E-state index in [1.165, 1.54) is 0 Å². The zero-order valence-electron chi connectivity index (χ0n) is 16.6.